The zero-order chi connectivity index (χ0) is 20.4. The Morgan fingerprint density at radius 3 is 2.90 bits per heavy atom. The Bertz CT molecular complexity index is 1280. The summed E-state index contributed by atoms with van der Waals surface area (Å²) in [5, 5.41) is 14.4. The van der Waals surface area contributed by atoms with Crippen LogP contribution in [0.25, 0.3) is 15.9 Å². The number of anilines is 1. The monoisotopic (exact) mass is 389 g/mol. The summed E-state index contributed by atoms with van der Waals surface area (Å²) in [6.07, 6.45) is 2.74. The van der Waals surface area contributed by atoms with E-state index in [0.29, 0.717) is 22.4 Å². The van der Waals surface area contributed by atoms with E-state index in [2.05, 4.69) is 20.4 Å². The van der Waals surface area contributed by atoms with Crippen molar-refractivity contribution in [2.24, 2.45) is 5.10 Å². The number of benzene rings is 1. The quantitative estimate of drug-likeness (QED) is 0.306. The lowest BCUT2D eigenvalue weighted by atomic mass is 10.1. The molecule has 0 bridgehead atoms. The maximum Gasteiger partial charge on any atom is 0.316 e. The largest absolute Gasteiger partial charge is 0.503 e. The van der Waals surface area contributed by atoms with Gasteiger partial charge in [0, 0.05) is 0 Å². The molecule has 9 nitrogen and oxygen atoms in total. The summed E-state index contributed by atoms with van der Waals surface area (Å²) < 4.78 is 11.8. The van der Waals surface area contributed by atoms with Crippen molar-refractivity contribution in [2.75, 3.05) is 5.43 Å². The minimum Gasteiger partial charge on any atom is -0.503 e. The highest BCUT2D eigenvalue weighted by atomic mass is 16.4. The molecule has 29 heavy (non-hydrogen) atoms. The molecule has 0 amide bonds. The Morgan fingerprint density at radius 1 is 1.34 bits per heavy atom. The number of oxazole rings is 1. The van der Waals surface area contributed by atoms with Gasteiger partial charge in [0.05, 0.1) is 31.2 Å². The molecular formula is C20H15N5O4. The van der Waals surface area contributed by atoms with Gasteiger partial charge in [-0.05, 0) is 36.8 Å². The summed E-state index contributed by atoms with van der Waals surface area (Å²) in [7, 11) is 0. The molecule has 3 aromatic heterocycles. The van der Waals surface area contributed by atoms with Crippen LogP contribution in [0.15, 0.2) is 61.4 Å². The second kappa shape index (κ2) is 7.36. The Labute approximate surface area is 164 Å². The van der Waals surface area contributed by atoms with Crippen LogP contribution in [0.3, 0.4) is 0 Å². The van der Waals surface area contributed by atoms with Crippen molar-refractivity contribution in [3.63, 3.8) is 0 Å². The smallest absolute Gasteiger partial charge is 0.316 e. The molecule has 2 N–H and O–H groups in total. The third kappa shape index (κ3) is 3.35. The summed E-state index contributed by atoms with van der Waals surface area (Å²) in [5.74, 6) is 0.0534. The fourth-order valence-electron chi connectivity index (χ4n) is 2.89. The molecule has 4 rings (SSSR count). The number of rotatable bonds is 5. The van der Waals surface area contributed by atoms with Crippen molar-refractivity contribution >= 4 is 29.0 Å². The fourth-order valence-corrected chi connectivity index (χ4v) is 2.89. The normalized spacial score (nSPS) is 11.2. The number of aromatic hydroxyl groups is 1. The van der Waals surface area contributed by atoms with E-state index in [4.69, 9.17) is 15.4 Å². The SMILES string of the molecule is [C-]#[N+]c1c(C)c(/C=N/Nc2nc3ccccc3o2)c(=O)n(Cc2ccco2)c1O. The van der Waals surface area contributed by atoms with Gasteiger partial charge in [-0.15, -0.1) is 0 Å². The molecule has 0 unspecified atom stereocenters. The number of hydrogen-bond acceptors (Lipinski definition) is 7. The minimum absolute atomic E-state index is 0.0140. The Balaban J connectivity index is 1.69. The van der Waals surface area contributed by atoms with Crippen LogP contribution in [0.5, 0.6) is 5.88 Å². The highest BCUT2D eigenvalue weighted by molar-refractivity contribution is 5.85. The lowest BCUT2D eigenvalue weighted by Crippen LogP contribution is -2.25. The van der Waals surface area contributed by atoms with E-state index in [1.54, 1.807) is 31.2 Å². The van der Waals surface area contributed by atoms with E-state index in [1.807, 2.05) is 12.1 Å². The van der Waals surface area contributed by atoms with Crippen molar-refractivity contribution in [1.82, 2.24) is 9.55 Å². The van der Waals surface area contributed by atoms with Gasteiger partial charge in [-0.25, -0.2) is 10.3 Å². The zero-order valence-electron chi connectivity index (χ0n) is 15.3. The second-order valence-electron chi connectivity index (χ2n) is 6.15. The molecule has 144 valence electrons. The van der Waals surface area contributed by atoms with Gasteiger partial charge in [0.1, 0.15) is 11.3 Å². The van der Waals surface area contributed by atoms with Crippen LogP contribution < -0.4 is 11.0 Å². The lowest BCUT2D eigenvalue weighted by molar-refractivity contribution is 0.401. The van der Waals surface area contributed by atoms with Gasteiger partial charge in [-0.3, -0.25) is 9.36 Å². The van der Waals surface area contributed by atoms with E-state index in [1.165, 1.54) is 12.5 Å². The Morgan fingerprint density at radius 2 is 2.17 bits per heavy atom. The van der Waals surface area contributed by atoms with Gasteiger partial charge in [-0.2, -0.15) is 10.1 Å². The first kappa shape index (κ1) is 18.1. The maximum absolute atomic E-state index is 12.9. The highest BCUT2D eigenvalue weighted by Crippen LogP contribution is 2.30. The van der Waals surface area contributed by atoms with Gasteiger partial charge in [0.2, 0.25) is 5.69 Å². The fraction of sp³-hybridized carbons (Fsp3) is 0.100. The number of pyridine rings is 1. The molecule has 0 aliphatic heterocycles. The topological polar surface area (TPSA) is 110 Å². The number of hydrazone groups is 1. The van der Waals surface area contributed by atoms with E-state index >= 15 is 0 Å². The van der Waals surface area contributed by atoms with E-state index in [0.717, 1.165) is 4.57 Å². The molecule has 0 fully saturated rings. The number of fused-ring (bicyclic) bond motifs is 1. The van der Waals surface area contributed by atoms with E-state index in [9.17, 15) is 9.90 Å². The van der Waals surface area contributed by atoms with Crippen LogP contribution in [0.2, 0.25) is 0 Å². The predicted octanol–water partition coefficient (Wildman–Crippen LogP) is 3.64. The van der Waals surface area contributed by atoms with Gasteiger partial charge in [0.25, 0.3) is 5.56 Å². The zero-order valence-corrected chi connectivity index (χ0v) is 15.3. The van der Waals surface area contributed by atoms with E-state index in [-0.39, 0.29) is 23.8 Å². The molecule has 0 saturated heterocycles. The number of nitrogens with zero attached hydrogens (tertiary/aromatic N) is 4. The van der Waals surface area contributed by atoms with Crippen LogP contribution in [0.4, 0.5) is 11.7 Å². The summed E-state index contributed by atoms with van der Waals surface area (Å²) in [4.78, 5) is 20.5. The summed E-state index contributed by atoms with van der Waals surface area (Å²) in [6, 6.07) is 10.8. The molecular weight excluding hydrogens is 374 g/mol. The number of hydrogen-bond donors (Lipinski definition) is 2. The molecule has 0 atom stereocenters. The van der Waals surface area contributed by atoms with Gasteiger partial charge >= 0.3 is 6.01 Å². The molecule has 4 aromatic rings. The minimum atomic E-state index is -0.507. The summed E-state index contributed by atoms with van der Waals surface area (Å²) in [6.45, 7) is 8.92. The predicted molar refractivity (Wildman–Crippen MR) is 106 cm³/mol. The first-order chi connectivity index (χ1) is 14.1. The van der Waals surface area contributed by atoms with Crippen molar-refractivity contribution in [3.05, 3.63) is 81.3 Å². The Kier molecular flexibility index (Phi) is 4.58. The number of nitrogens with one attached hydrogen (secondary N) is 1. The molecule has 1 aromatic carbocycles. The molecule has 0 aliphatic rings. The van der Waals surface area contributed by atoms with Crippen LogP contribution >= 0.6 is 0 Å². The van der Waals surface area contributed by atoms with Gasteiger partial charge < -0.3 is 13.9 Å². The van der Waals surface area contributed by atoms with Crippen LogP contribution in [-0.4, -0.2) is 20.9 Å². The first-order valence-corrected chi connectivity index (χ1v) is 8.59. The molecule has 0 spiro atoms. The van der Waals surface area contributed by atoms with Gasteiger partial charge in [-0.1, -0.05) is 12.1 Å². The summed E-state index contributed by atoms with van der Waals surface area (Å²) >= 11 is 0. The molecule has 0 saturated carbocycles. The van der Waals surface area contributed by atoms with Crippen LogP contribution in [-0.2, 0) is 6.54 Å². The third-order valence-electron chi connectivity index (χ3n) is 4.36. The van der Waals surface area contributed by atoms with Crippen molar-refractivity contribution in [3.8, 4) is 5.88 Å². The molecule has 0 radical (unpaired) electrons. The van der Waals surface area contributed by atoms with Crippen molar-refractivity contribution < 1.29 is 13.9 Å². The average molecular weight is 389 g/mol. The molecule has 0 aliphatic carbocycles. The first-order valence-electron chi connectivity index (χ1n) is 8.59. The summed E-state index contributed by atoms with van der Waals surface area (Å²) in [5.41, 5.74) is 3.85. The standard InChI is InChI=1S/C20H15N5O4/c1-12-14(10-22-24-20-23-15-7-3-4-8-16(15)29-20)18(26)25(19(27)17(12)21-2)11-13-6-5-9-28-13/h3-10,27H,11H2,1H3,(H,23,24)/b22-10+. The average Bonchev–Trinajstić information content (AvgIpc) is 3.37. The van der Waals surface area contributed by atoms with Crippen molar-refractivity contribution in [2.45, 2.75) is 13.5 Å². The number of furan rings is 1. The number of para-hydroxylation sites is 2. The highest BCUT2D eigenvalue weighted by Gasteiger charge is 2.19. The molecule has 3 heterocycles. The maximum atomic E-state index is 12.9. The van der Waals surface area contributed by atoms with Crippen LogP contribution in [0.1, 0.15) is 16.9 Å². The van der Waals surface area contributed by atoms with E-state index < -0.39 is 11.4 Å². The number of aromatic nitrogens is 2. The van der Waals surface area contributed by atoms with Crippen LogP contribution in [0, 0.1) is 13.5 Å². The van der Waals surface area contributed by atoms with Gasteiger partial charge in [0.15, 0.2) is 11.5 Å². The third-order valence-corrected chi connectivity index (χ3v) is 4.36. The second-order valence-corrected chi connectivity index (χ2v) is 6.15. The molecule has 9 heteroatoms. The van der Waals surface area contributed by atoms with Crippen molar-refractivity contribution in [1.29, 1.82) is 0 Å². The lowest BCUT2D eigenvalue weighted by Gasteiger charge is -2.12. The Hall–Kier alpha value is -4.32.